The highest BCUT2D eigenvalue weighted by Gasteiger charge is 2.07. The van der Waals surface area contributed by atoms with Gasteiger partial charge in [0.1, 0.15) is 0 Å². The van der Waals surface area contributed by atoms with E-state index in [0.29, 0.717) is 6.04 Å². The predicted molar refractivity (Wildman–Crippen MR) is 73.6 cm³/mol. The van der Waals surface area contributed by atoms with E-state index in [1.54, 1.807) is 11.3 Å². The largest absolute Gasteiger partial charge is 0.306 e. The fraction of sp³-hybridized carbons (Fsp3) is 0.308. The molecule has 2 rings (SSSR count). The minimum atomic E-state index is 0.304. The average Bonchev–Trinajstić information content (AvgIpc) is 2.74. The molecule has 90 valence electrons. The first-order valence-electron chi connectivity index (χ1n) is 5.53. The minimum absolute atomic E-state index is 0.304. The lowest BCUT2D eigenvalue weighted by Gasteiger charge is -2.13. The molecule has 1 atom stereocenters. The molecule has 0 fully saturated rings. The minimum Gasteiger partial charge on any atom is -0.306 e. The maximum atomic E-state index is 5.93. The van der Waals surface area contributed by atoms with Crippen molar-refractivity contribution in [2.75, 3.05) is 0 Å². The molecule has 0 bridgehead atoms. The van der Waals surface area contributed by atoms with Gasteiger partial charge in [-0.1, -0.05) is 11.6 Å². The van der Waals surface area contributed by atoms with E-state index >= 15 is 0 Å². The van der Waals surface area contributed by atoms with Crippen molar-refractivity contribution in [3.63, 3.8) is 0 Å². The van der Waals surface area contributed by atoms with Crippen molar-refractivity contribution >= 4 is 22.9 Å². The fourth-order valence-corrected chi connectivity index (χ4v) is 2.60. The monoisotopic (exact) mass is 266 g/mol. The molecule has 1 N–H and O–H groups in total. The lowest BCUT2D eigenvalue weighted by atomic mass is 10.1. The maximum Gasteiger partial charge on any atom is 0.0931 e. The zero-order chi connectivity index (χ0) is 12.3. The molecule has 2 aromatic rings. The molecule has 0 amide bonds. The molecule has 0 radical (unpaired) electrons. The van der Waals surface area contributed by atoms with Crippen LogP contribution in [0.4, 0.5) is 0 Å². The first-order valence-corrected chi connectivity index (χ1v) is 6.79. The van der Waals surface area contributed by atoms with E-state index in [4.69, 9.17) is 11.6 Å². The van der Waals surface area contributed by atoms with Crippen LogP contribution in [0.25, 0.3) is 0 Å². The third-order valence-corrected chi connectivity index (χ3v) is 3.94. The number of rotatable bonds is 4. The maximum absolute atomic E-state index is 5.93. The summed E-state index contributed by atoms with van der Waals surface area (Å²) in [4.78, 5) is 4.14. The Bertz CT molecular complexity index is 496. The van der Waals surface area contributed by atoms with Crippen LogP contribution in [0.3, 0.4) is 0 Å². The Balaban J connectivity index is 1.97. The Labute approximate surface area is 111 Å². The summed E-state index contributed by atoms with van der Waals surface area (Å²) in [6.07, 6.45) is 3.73. The molecular weight excluding hydrogens is 252 g/mol. The van der Waals surface area contributed by atoms with Gasteiger partial charge in [0.2, 0.25) is 0 Å². The number of nitrogens with zero attached hydrogens (tertiary/aromatic N) is 1. The van der Waals surface area contributed by atoms with Gasteiger partial charge in [-0.2, -0.15) is 0 Å². The Morgan fingerprint density at radius 2 is 2.35 bits per heavy atom. The van der Waals surface area contributed by atoms with Gasteiger partial charge in [0, 0.05) is 25.0 Å². The van der Waals surface area contributed by atoms with Crippen LogP contribution < -0.4 is 5.32 Å². The van der Waals surface area contributed by atoms with Crippen LogP contribution in [0.15, 0.2) is 29.9 Å². The Kier molecular flexibility index (Phi) is 4.15. The molecular formula is C13H15ClN2S. The summed E-state index contributed by atoms with van der Waals surface area (Å²) in [5.41, 5.74) is 3.74. The van der Waals surface area contributed by atoms with E-state index in [0.717, 1.165) is 10.9 Å². The first-order chi connectivity index (χ1) is 8.16. The van der Waals surface area contributed by atoms with Gasteiger partial charge in [-0.05, 0) is 48.1 Å². The molecule has 2 heterocycles. The molecule has 0 aliphatic carbocycles. The van der Waals surface area contributed by atoms with E-state index in [-0.39, 0.29) is 0 Å². The summed E-state index contributed by atoms with van der Waals surface area (Å²) in [5.74, 6) is 0. The van der Waals surface area contributed by atoms with Crippen LogP contribution in [-0.4, -0.2) is 4.98 Å². The number of aromatic nitrogens is 1. The van der Waals surface area contributed by atoms with Crippen molar-refractivity contribution in [3.05, 3.63) is 50.9 Å². The normalized spacial score (nSPS) is 12.6. The summed E-state index contributed by atoms with van der Waals surface area (Å²) >= 11 is 7.50. The van der Waals surface area contributed by atoms with Crippen LogP contribution in [0.5, 0.6) is 0 Å². The molecule has 17 heavy (non-hydrogen) atoms. The SMILES string of the molecule is Cc1ccncc1CNC(C)c1csc(Cl)c1. The zero-order valence-electron chi connectivity index (χ0n) is 9.90. The predicted octanol–water partition coefficient (Wildman–Crippen LogP) is 3.96. The molecule has 2 nitrogen and oxygen atoms in total. The van der Waals surface area contributed by atoms with Crippen molar-refractivity contribution < 1.29 is 0 Å². The van der Waals surface area contributed by atoms with Gasteiger partial charge in [-0.3, -0.25) is 4.98 Å². The second kappa shape index (κ2) is 5.63. The van der Waals surface area contributed by atoms with Crippen molar-refractivity contribution in [1.29, 1.82) is 0 Å². The van der Waals surface area contributed by atoms with E-state index in [1.165, 1.54) is 16.7 Å². The summed E-state index contributed by atoms with van der Waals surface area (Å²) in [7, 11) is 0. The summed E-state index contributed by atoms with van der Waals surface area (Å²) in [5, 5.41) is 5.57. The number of thiophene rings is 1. The van der Waals surface area contributed by atoms with E-state index in [9.17, 15) is 0 Å². The third kappa shape index (κ3) is 3.28. The molecule has 2 aromatic heterocycles. The summed E-state index contributed by atoms with van der Waals surface area (Å²) in [6.45, 7) is 5.07. The van der Waals surface area contributed by atoms with Gasteiger partial charge >= 0.3 is 0 Å². The van der Waals surface area contributed by atoms with E-state index in [2.05, 4.69) is 29.5 Å². The van der Waals surface area contributed by atoms with E-state index < -0.39 is 0 Å². The van der Waals surface area contributed by atoms with Gasteiger partial charge in [0.15, 0.2) is 0 Å². The molecule has 0 aromatic carbocycles. The van der Waals surface area contributed by atoms with Gasteiger partial charge in [0.25, 0.3) is 0 Å². The zero-order valence-corrected chi connectivity index (χ0v) is 11.5. The van der Waals surface area contributed by atoms with Gasteiger partial charge in [0.05, 0.1) is 4.34 Å². The quantitative estimate of drug-likeness (QED) is 0.906. The number of aryl methyl sites for hydroxylation is 1. The Morgan fingerprint density at radius 3 is 3.00 bits per heavy atom. The second-order valence-electron chi connectivity index (χ2n) is 4.09. The summed E-state index contributed by atoms with van der Waals surface area (Å²) < 4.78 is 0.839. The highest BCUT2D eigenvalue weighted by Crippen LogP contribution is 2.24. The van der Waals surface area contributed by atoms with Crippen LogP contribution in [-0.2, 0) is 6.54 Å². The average molecular weight is 267 g/mol. The molecule has 0 saturated carbocycles. The number of pyridine rings is 1. The lowest BCUT2D eigenvalue weighted by molar-refractivity contribution is 0.574. The standard InChI is InChI=1S/C13H15ClN2S/c1-9-3-4-15-6-12(9)7-16-10(2)11-5-13(14)17-8-11/h3-6,8,10,16H,7H2,1-2H3. The second-order valence-corrected chi connectivity index (χ2v) is 5.63. The van der Waals surface area contributed by atoms with Crippen LogP contribution in [0.2, 0.25) is 4.34 Å². The highest BCUT2D eigenvalue weighted by atomic mass is 35.5. The first kappa shape index (κ1) is 12.6. The lowest BCUT2D eigenvalue weighted by Crippen LogP contribution is -2.18. The fourth-order valence-electron chi connectivity index (χ4n) is 1.61. The third-order valence-electron chi connectivity index (χ3n) is 2.83. The number of hydrogen-bond donors (Lipinski definition) is 1. The van der Waals surface area contributed by atoms with Crippen molar-refractivity contribution in [2.24, 2.45) is 0 Å². The summed E-state index contributed by atoms with van der Waals surface area (Å²) in [6, 6.07) is 4.35. The van der Waals surface area contributed by atoms with Crippen LogP contribution >= 0.6 is 22.9 Å². The van der Waals surface area contributed by atoms with Gasteiger partial charge in [-0.15, -0.1) is 11.3 Å². The number of hydrogen-bond acceptors (Lipinski definition) is 3. The van der Waals surface area contributed by atoms with Crippen molar-refractivity contribution in [2.45, 2.75) is 26.4 Å². The molecule has 0 spiro atoms. The molecule has 0 aliphatic heterocycles. The number of halogens is 1. The van der Waals surface area contributed by atoms with Crippen LogP contribution in [0.1, 0.15) is 29.7 Å². The Hall–Kier alpha value is -0.900. The van der Waals surface area contributed by atoms with E-state index in [1.807, 2.05) is 24.5 Å². The van der Waals surface area contributed by atoms with Crippen molar-refractivity contribution in [1.82, 2.24) is 10.3 Å². The Morgan fingerprint density at radius 1 is 1.53 bits per heavy atom. The molecule has 4 heteroatoms. The number of nitrogens with one attached hydrogen (secondary N) is 1. The van der Waals surface area contributed by atoms with Gasteiger partial charge in [-0.25, -0.2) is 0 Å². The van der Waals surface area contributed by atoms with Gasteiger partial charge < -0.3 is 5.32 Å². The molecule has 1 unspecified atom stereocenters. The highest BCUT2D eigenvalue weighted by molar-refractivity contribution is 7.14. The molecule has 0 aliphatic rings. The smallest absolute Gasteiger partial charge is 0.0931 e. The van der Waals surface area contributed by atoms with Crippen molar-refractivity contribution in [3.8, 4) is 0 Å². The van der Waals surface area contributed by atoms with Crippen LogP contribution in [0, 0.1) is 6.92 Å². The topological polar surface area (TPSA) is 24.9 Å². The molecule has 0 saturated heterocycles.